The van der Waals surface area contributed by atoms with Gasteiger partial charge < -0.3 is 9.72 Å². The number of rotatable bonds is 3. The zero-order chi connectivity index (χ0) is 14.8. The minimum Gasteiger partial charge on any atom is -0.381 e. The Morgan fingerprint density at radius 3 is 2.64 bits per heavy atom. The number of hydrogen-bond acceptors (Lipinski definition) is 4. The highest BCUT2D eigenvalue weighted by molar-refractivity contribution is 5.74. The first-order valence-corrected chi connectivity index (χ1v) is 8.36. The molecule has 1 aromatic carbocycles. The summed E-state index contributed by atoms with van der Waals surface area (Å²) in [6.45, 7) is 7.41. The Balaban J connectivity index is 1.33. The molecule has 3 heterocycles. The number of H-pyrrole nitrogens is 1. The van der Waals surface area contributed by atoms with Crippen molar-refractivity contribution >= 4 is 11.0 Å². The van der Waals surface area contributed by atoms with Gasteiger partial charge in [-0.05, 0) is 25.0 Å². The second-order valence-corrected chi connectivity index (χ2v) is 6.36. The molecular weight excluding hydrogens is 276 g/mol. The summed E-state index contributed by atoms with van der Waals surface area (Å²) in [5, 5.41) is 0. The van der Waals surface area contributed by atoms with Crippen LogP contribution in [0.4, 0.5) is 0 Å². The van der Waals surface area contributed by atoms with Gasteiger partial charge in [-0.2, -0.15) is 0 Å². The van der Waals surface area contributed by atoms with Crippen LogP contribution in [0, 0.1) is 0 Å². The van der Waals surface area contributed by atoms with Crippen LogP contribution in [0.1, 0.15) is 18.7 Å². The molecular formula is C17H24N4O. The quantitative estimate of drug-likeness (QED) is 0.940. The molecule has 0 spiro atoms. The van der Waals surface area contributed by atoms with Crippen molar-refractivity contribution in [2.45, 2.75) is 25.4 Å². The van der Waals surface area contributed by atoms with E-state index < -0.39 is 0 Å². The fourth-order valence-corrected chi connectivity index (χ4v) is 3.63. The van der Waals surface area contributed by atoms with E-state index in [1.807, 2.05) is 6.07 Å². The number of aromatic nitrogens is 2. The fraction of sp³-hybridized carbons (Fsp3) is 0.588. The summed E-state index contributed by atoms with van der Waals surface area (Å²) in [5.74, 6) is 1.08. The molecule has 0 amide bonds. The highest BCUT2D eigenvalue weighted by Gasteiger charge is 2.25. The maximum atomic E-state index is 5.47. The fourth-order valence-electron chi connectivity index (χ4n) is 3.63. The van der Waals surface area contributed by atoms with E-state index in [1.54, 1.807) is 0 Å². The molecule has 2 saturated heterocycles. The van der Waals surface area contributed by atoms with Crippen molar-refractivity contribution in [3.63, 3.8) is 0 Å². The number of piperazine rings is 1. The van der Waals surface area contributed by atoms with Crippen molar-refractivity contribution in [2.24, 2.45) is 0 Å². The molecule has 2 fully saturated rings. The lowest BCUT2D eigenvalue weighted by Crippen LogP contribution is -2.51. The molecule has 2 aliphatic heterocycles. The maximum Gasteiger partial charge on any atom is 0.121 e. The third-order valence-electron chi connectivity index (χ3n) is 4.93. The van der Waals surface area contributed by atoms with Crippen LogP contribution >= 0.6 is 0 Å². The van der Waals surface area contributed by atoms with E-state index in [0.717, 1.165) is 55.7 Å². The average molecular weight is 300 g/mol. The van der Waals surface area contributed by atoms with Crippen LogP contribution in [-0.4, -0.2) is 65.2 Å². The Morgan fingerprint density at radius 1 is 1.09 bits per heavy atom. The molecule has 0 radical (unpaired) electrons. The summed E-state index contributed by atoms with van der Waals surface area (Å²) >= 11 is 0. The van der Waals surface area contributed by atoms with Gasteiger partial charge >= 0.3 is 0 Å². The van der Waals surface area contributed by atoms with Crippen LogP contribution in [0.25, 0.3) is 11.0 Å². The molecule has 0 saturated carbocycles. The van der Waals surface area contributed by atoms with Crippen LogP contribution in [0.2, 0.25) is 0 Å². The standard InChI is InChI=1S/C17H24N4O/c1-2-4-16-15(3-1)18-17(19-16)13-20-7-9-21(10-8-20)14-5-11-22-12-6-14/h1-4,14H,5-13H2,(H,18,19). The van der Waals surface area contributed by atoms with Crippen LogP contribution in [0.3, 0.4) is 0 Å². The van der Waals surface area contributed by atoms with E-state index in [9.17, 15) is 0 Å². The minimum absolute atomic E-state index is 0.738. The molecule has 1 aromatic heterocycles. The summed E-state index contributed by atoms with van der Waals surface area (Å²) in [6, 6.07) is 8.99. The summed E-state index contributed by atoms with van der Waals surface area (Å²) in [5.41, 5.74) is 2.21. The largest absolute Gasteiger partial charge is 0.381 e. The first-order valence-electron chi connectivity index (χ1n) is 8.36. The molecule has 0 aliphatic carbocycles. The topological polar surface area (TPSA) is 44.4 Å². The molecule has 4 rings (SSSR count). The van der Waals surface area contributed by atoms with Gasteiger partial charge in [-0.25, -0.2) is 4.98 Å². The Hall–Kier alpha value is -1.43. The van der Waals surface area contributed by atoms with E-state index >= 15 is 0 Å². The third-order valence-corrected chi connectivity index (χ3v) is 4.93. The number of ether oxygens (including phenoxy) is 1. The van der Waals surface area contributed by atoms with Crippen molar-refractivity contribution in [1.29, 1.82) is 0 Å². The smallest absolute Gasteiger partial charge is 0.121 e. The zero-order valence-corrected chi connectivity index (χ0v) is 13.0. The summed E-state index contributed by atoms with van der Waals surface area (Å²) < 4.78 is 5.47. The number of para-hydroxylation sites is 2. The van der Waals surface area contributed by atoms with Crippen molar-refractivity contribution < 1.29 is 4.74 Å². The van der Waals surface area contributed by atoms with E-state index in [4.69, 9.17) is 4.74 Å². The van der Waals surface area contributed by atoms with Crippen LogP contribution in [-0.2, 0) is 11.3 Å². The molecule has 0 unspecified atom stereocenters. The van der Waals surface area contributed by atoms with Gasteiger partial charge in [0.2, 0.25) is 0 Å². The molecule has 0 bridgehead atoms. The van der Waals surface area contributed by atoms with Gasteiger partial charge in [0.05, 0.1) is 17.6 Å². The number of benzene rings is 1. The zero-order valence-electron chi connectivity index (χ0n) is 13.0. The Labute approximate surface area is 131 Å². The Kier molecular flexibility index (Phi) is 4.10. The number of nitrogens with zero attached hydrogens (tertiary/aromatic N) is 3. The lowest BCUT2D eigenvalue weighted by molar-refractivity contribution is 0.0123. The third kappa shape index (κ3) is 3.02. The van der Waals surface area contributed by atoms with E-state index in [2.05, 4.69) is 38.0 Å². The van der Waals surface area contributed by atoms with Crippen molar-refractivity contribution in [2.75, 3.05) is 39.4 Å². The Morgan fingerprint density at radius 2 is 1.86 bits per heavy atom. The minimum atomic E-state index is 0.738. The van der Waals surface area contributed by atoms with Gasteiger partial charge in [0.25, 0.3) is 0 Å². The molecule has 22 heavy (non-hydrogen) atoms. The van der Waals surface area contributed by atoms with Gasteiger partial charge in [0.15, 0.2) is 0 Å². The normalized spacial score (nSPS) is 22.4. The van der Waals surface area contributed by atoms with E-state index in [0.29, 0.717) is 0 Å². The molecule has 0 atom stereocenters. The molecule has 5 nitrogen and oxygen atoms in total. The van der Waals surface area contributed by atoms with Crippen LogP contribution in [0.5, 0.6) is 0 Å². The number of imidazole rings is 1. The summed E-state index contributed by atoms with van der Waals surface area (Å²) in [4.78, 5) is 13.3. The lowest BCUT2D eigenvalue weighted by Gasteiger charge is -2.40. The van der Waals surface area contributed by atoms with Gasteiger partial charge in [-0.15, -0.1) is 0 Å². The van der Waals surface area contributed by atoms with Gasteiger partial charge in [-0.1, -0.05) is 12.1 Å². The van der Waals surface area contributed by atoms with Gasteiger partial charge in [0, 0.05) is 45.4 Å². The molecule has 2 aromatic rings. The lowest BCUT2D eigenvalue weighted by atomic mass is 10.1. The first-order chi connectivity index (χ1) is 10.9. The van der Waals surface area contributed by atoms with E-state index in [1.165, 1.54) is 25.9 Å². The second-order valence-electron chi connectivity index (χ2n) is 6.36. The molecule has 1 N–H and O–H groups in total. The van der Waals surface area contributed by atoms with Crippen molar-refractivity contribution in [3.05, 3.63) is 30.1 Å². The predicted molar refractivity (Wildman–Crippen MR) is 86.8 cm³/mol. The maximum absolute atomic E-state index is 5.47. The number of nitrogens with one attached hydrogen (secondary N) is 1. The summed E-state index contributed by atoms with van der Waals surface area (Å²) in [7, 11) is 0. The average Bonchev–Trinajstić information content (AvgIpc) is 2.98. The molecule has 118 valence electrons. The Bertz CT molecular complexity index is 579. The highest BCUT2D eigenvalue weighted by atomic mass is 16.5. The predicted octanol–water partition coefficient (Wildman–Crippen LogP) is 1.86. The van der Waals surface area contributed by atoms with Crippen LogP contribution in [0.15, 0.2) is 24.3 Å². The first kappa shape index (κ1) is 14.2. The SMILES string of the molecule is c1ccc2[nH]c(CN3CCN(C4CCOCC4)CC3)nc2c1. The molecule has 5 heteroatoms. The van der Waals surface area contributed by atoms with Crippen molar-refractivity contribution in [3.8, 4) is 0 Å². The number of aromatic amines is 1. The van der Waals surface area contributed by atoms with Crippen LogP contribution < -0.4 is 0 Å². The van der Waals surface area contributed by atoms with Gasteiger partial charge in [0.1, 0.15) is 5.82 Å². The van der Waals surface area contributed by atoms with Crippen molar-refractivity contribution in [1.82, 2.24) is 19.8 Å². The number of hydrogen-bond donors (Lipinski definition) is 1. The van der Waals surface area contributed by atoms with E-state index in [-0.39, 0.29) is 0 Å². The molecule has 2 aliphatic rings. The second kappa shape index (κ2) is 6.36. The monoisotopic (exact) mass is 300 g/mol. The summed E-state index contributed by atoms with van der Waals surface area (Å²) in [6.07, 6.45) is 2.40. The highest BCUT2D eigenvalue weighted by Crippen LogP contribution is 2.18. The number of fused-ring (bicyclic) bond motifs is 1. The van der Waals surface area contributed by atoms with Gasteiger partial charge in [-0.3, -0.25) is 9.80 Å².